The Balaban J connectivity index is 4.15. The first-order valence-corrected chi connectivity index (χ1v) is 5.05. The molecule has 88 valence electrons. The van der Waals surface area contributed by atoms with Crippen molar-refractivity contribution in [2.75, 3.05) is 20.1 Å². The van der Waals surface area contributed by atoms with Crippen LogP contribution in [0.1, 0.15) is 20.8 Å². The first-order valence-electron chi connectivity index (χ1n) is 5.05. The Hall–Kier alpha value is -1.10. The van der Waals surface area contributed by atoms with Gasteiger partial charge in [0, 0.05) is 26.1 Å². The van der Waals surface area contributed by atoms with Gasteiger partial charge in [-0.2, -0.15) is 0 Å². The Bertz CT molecular complexity index is 239. The average molecular weight is 215 g/mol. The molecule has 0 aromatic carbocycles. The van der Waals surface area contributed by atoms with E-state index in [1.165, 1.54) is 0 Å². The molecule has 15 heavy (non-hydrogen) atoms. The van der Waals surface area contributed by atoms with E-state index in [4.69, 9.17) is 5.73 Å². The van der Waals surface area contributed by atoms with E-state index in [9.17, 15) is 9.59 Å². The van der Waals surface area contributed by atoms with E-state index >= 15 is 0 Å². The van der Waals surface area contributed by atoms with Gasteiger partial charge < -0.3 is 16.4 Å². The number of amides is 2. The maximum absolute atomic E-state index is 11.4. The molecule has 5 nitrogen and oxygen atoms in total. The van der Waals surface area contributed by atoms with Crippen LogP contribution in [-0.2, 0) is 9.59 Å². The molecule has 1 unspecified atom stereocenters. The summed E-state index contributed by atoms with van der Waals surface area (Å²) in [5, 5.41) is 5.27. The molecule has 2 amide bonds. The minimum atomic E-state index is -0.598. The molecule has 0 aromatic rings. The summed E-state index contributed by atoms with van der Waals surface area (Å²) >= 11 is 0. The van der Waals surface area contributed by atoms with E-state index in [1.54, 1.807) is 27.8 Å². The summed E-state index contributed by atoms with van der Waals surface area (Å²) in [7, 11) is 1.58. The Morgan fingerprint density at radius 3 is 2.33 bits per heavy atom. The van der Waals surface area contributed by atoms with Crippen LogP contribution in [0.15, 0.2) is 0 Å². The number of nitrogens with two attached hydrogens (primary N) is 1. The number of carbonyl (C=O) groups excluding carboxylic acids is 2. The number of carbonyl (C=O) groups is 2. The lowest BCUT2D eigenvalue weighted by molar-refractivity contribution is -0.130. The van der Waals surface area contributed by atoms with Crippen molar-refractivity contribution in [1.82, 2.24) is 10.6 Å². The number of hydrogen-bond acceptors (Lipinski definition) is 3. The van der Waals surface area contributed by atoms with Crippen molar-refractivity contribution in [3.63, 3.8) is 0 Å². The molecule has 0 saturated carbocycles. The van der Waals surface area contributed by atoms with Gasteiger partial charge in [-0.25, -0.2) is 0 Å². The second-order valence-corrected chi connectivity index (χ2v) is 4.32. The van der Waals surface area contributed by atoms with Crippen molar-refractivity contribution in [2.45, 2.75) is 20.8 Å². The smallest absolute Gasteiger partial charge is 0.227 e. The molecule has 0 aliphatic carbocycles. The fourth-order valence-corrected chi connectivity index (χ4v) is 1.01. The lowest BCUT2D eigenvalue weighted by atomic mass is 9.92. The third-order valence-corrected chi connectivity index (χ3v) is 2.35. The third-order valence-electron chi connectivity index (χ3n) is 2.35. The monoisotopic (exact) mass is 215 g/mol. The number of hydrogen-bond donors (Lipinski definition) is 3. The van der Waals surface area contributed by atoms with Crippen LogP contribution in [0.3, 0.4) is 0 Å². The van der Waals surface area contributed by atoms with Crippen molar-refractivity contribution in [3.8, 4) is 0 Å². The Morgan fingerprint density at radius 2 is 1.93 bits per heavy atom. The molecular formula is C10H21N3O2. The van der Waals surface area contributed by atoms with E-state index in [1.807, 2.05) is 0 Å². The van der Waals surface area contributed by atoms with Gasteiger partial charge in [0.2, 0.25) is 11.8 Å². The zero-order valence-corrected chi connectivity index (χ0v) is 9.89. The highest BCUT2D eigenvalue weighted by molar-refractivity contribution is 5.83. The van der Waals surface area contributed by atoms with Crippen LogP contribution in [0.2, 0.25) is 0 Å². The largest absolute Gasteiger partial charge is 0.359 e. The van der Waals surface area contributed by atoms with Crippen molar-refractivity contribution in [2.24, 2.45) is 17.1 Å². The lowest BCUT2D eigenvalue weighted by Crippen LogP contribution is -2.45. The van der Waals surface area contributed by atoms with Crippen LogP contribution >= 0.6 is 0 Å². The topological polar surface area (TPSA) is 84.2 Å². The van der Waals surface area contributed by atoms with Crippen LogP contribution in [-0.4, -0.2) is 32.0 Å². The van der Waals surface area contributed by atoms with Crippen molar-refractivity contribution >= 4 is 11.8 Å². The molecule has 0 aliphatic heterocycles. The van der Waals surface area contributed by atoms with Gasteiger partial charge in [-0.1, -0.05) is 6.92 Å². The predicted molar refractivity (Wildman–Crippen MR) is 59.1 cm³/mol. The zero-order chi connectivity index (χ0) is 12.1. The third kappa shape index (κ3) is 4.29. The first-order chi connectivity index (χ1) is 6.85. The lowest BCUT2D eigenvalue weighted by Gasteiger charge is -2.23. The molecule has 0 rings (SSSR count). The molecular weight excluding hydrogens is 194 g/mol. The zero-order valence-electron chi connectivity index (χ0n) is 9.89. The van der Waals surface area contributed by atoms with E-state index in [0.717, 1.165) is 0 Å². The molecule has 0 radical (unpaired) electrons. The van der Waals surface area contributed by atoms with Gasteiger partial charge in [-0.05, 0) is 13.8 Å². The van der Waals surface area contributed by atoms with E-state index < -0.39 is 5.41 Å². The quantitative estimate of drug-likeness (QED) is 0.576. The SMILES string of the molecule is CNC(=O)C(C)(C)CNC(=O)C(C)CN. The molecule has 1 atom stereocenters. The summed E-state index contributed by atoms with van der Waals surface area (Å²) in [6.45, 7) is 5.93. The van der Waals surface area contributed by atoms with Gasteiger partial charge in [0.15, 0.2) is 0 Å². The Morgan fingerprint density at radius 1 is 1.40 bits per heavy atom. The van der Waals surface area contributed by atoms with Gasteiger partial charge in [-0.15, -0.1) is 0 Å². The van der Waals surface area contributed by atoms with Gasteiger partial charge in [0.1, 0.15) is 0 Å². The molecule has 0 aliphatic rings. The standard InChI is InChI=1S/C10H21N3O2/c1-7(5-11)8(14)13-6-10(2,3)9(15)12-4/h7H,5-6,11H2,1-4H3,(H,12,15)(H,13,14). The number of rotatable bonds is 5. The molecule has 0 spiro atoms. The van der Waals surface area contributed by atoms with Gasteiger partial charge in [-0.3, -0.25) is 9.59 Å². The maximum Gasteiger partial charge on any atom is 0.227 e. The minimum Gasteiger partial charge on any atom is -0.359 e. The summed E-state index contributed by atoms with van der Waals surface area (Å²) in [5.74, 6) is -0.428. The highest BCUT2D eigenvalue weighted by Crippen LogP contribution is 2.13. The molecule has 0 saturated heterocycles. The second kappa shape index (κ2) is 5.70. The van der Waals surface area contributed by atoms with Crippen LogP contribution in [0, 0.1) is 11.3 Å². The maximum atomic E-state index is 11.4. The van der Waals surface area contributed by atoms with Gasteiger partial charge >= 0.3 is 0 Å². The molecule has 0 bridgehead atoms. The fraction of sp³-hybridized carbons (Fsp3) is 0.800. The first kappa shape index (κ1) is 13.9. The fourth-order valence-electron chi connectivity index (χ4n) is 1.01. The van der Waals surface area contributed by atoms with Crippen LogP contribution in [0.5, 0.6) is 0 Å². The van der Waals surface area contributed by atoms with Crippen molar-refractivity contribution in [3.05, 3.63) is 0 Å². The Kier molecular flexibility index (Phi) is 5.28. The highest BCUT2D eigenvalue weighted by Gasteiger charge is 2.27. The molecule has 0 aromatic heterocycles. The van der Waals surface area contributed by atoms with Gasteiger partial charge in [0.05, 0.1) is 5.41 Å². The molecule has 0 heterocycles. The van der Waals surface area contributed by atoms with E-state index in [2.05, 4.69) is 10.6 Å². The van der Waals surface area contributed by atoms with Crippen LogP contribution in [0.25, 0.3) is 0 Å². The van der Waals surface area contributed by atoms with E-state index in [0.29, 0.717) is 13.1 Å². The van der Waals surface area contributed by atoms with E-state index in [-0.39, 0.29) is 17.7 Å². The number of nitrogens with one attached hydrogen (secondary N) is 2. The molecule has 5 heteroatoms. The molecule has 4 N–H and O–H groups in total. The normalized spacial score (nSPS) is 13.1. The summed E-state index contributed by atoms with van der Waals surface area (Å²) in [5.41, 5.74) is 4.76. The summed E-state index contributed by atoms with van der Waals surface area (Å²) < 4.78 is 0. The minimum absolute atomic E-state index is 0.0943. The van der Waals surface area contributed by atoms with Crippen LogP contribution in [0.4, 0.5) is 0 Å². The van der Waals surface area contributed by atoms with Crippen molar-refractivity contribution in [1.29, 1.82) is 0 Å². The summed E-state index contributed by atoms with van der Waals surface area (Å²) in [4.78, 5) is 22.8. The second-order valence-electron chi connectivity index (χ2n) is 4.32. The highest BCUT2D eigenvalue weighted by atomic mass is 16.2. The average Bonchev–Trinajstić information content (AvgIpc) is 2.23. The van der Waals surface area contributed by atoms with Crippen LogP contribution < -0.4 is 16.4 Å². The summed E-state index contributed by atoms with van der Waals surface area (Å²) in [6.07, 6.45) is 0. The Labute approximate surface area is 90.8 Å². The predicted octanol–water partition coefficient (Wildman–Crippen LogP) is -0.530. The molecule has 0 fully saturated rings. The van der Waals surface area contributed by atoms with Gasteiger partial charge in [0.25, 0.3) is 0 Å². The summed E-state index contributed by atoms with van der Waals surface area (Å²) in [6, 6.07) is 0. The van der Waals surface area contributed by atoms with Crippen molar-refractivity contribution < 1.29 is 9.59 Å².